The summed E-state index contributed by atoms with van der Waals surface area (Å²) in [7, 11) is 0. The van der Waals surface area contributed by atoms with Crippen LogP contribution in [0.15, 0.2) is 65.5 Å². The molecule has 0 saturated heterocycles. The van der Waals surface area contributed by atoms with Crippen LogP contribution >= 0.6 is 22.9 Å². The third-order valence-corrected chi connectivity index (χ3v) is 5.62. The molecule has 2 aromatic heterocycles. The molecule has 0 aliphatic carbocycles. The molecule has 0 bridgehead atoms. The Kier molecular flexibility index (Phi) is 4.93. The fraction of sp³-hybridized carbons (Fsp3) is 0.100. The van der Waals surface area contributed by atoms with E-state index in [1.54, 1.807) is 37.3 Å². The molecule has 2 aromatic carbocycles. The van der Waals surface area contributed by atoms with E-state index in [1.807, 2.05) is 30.3 Å². The zero-order valence-electron chi connectivity index (χ0n) is 14.8. The number of halogens is 1. The highest BCUT2D eigenvalue weighted by Crippen LogP contribution is 2.30. The van der Waals surface area contributed by atoms with Crippen LogP contribution in [0.1, 0.15) is 13.0 Å². The molecule has 1 amide bonds. The van der Waals surface area contributed by atoms with Crippen LogP contribution in [0.5, 0.6) is 0 Å². The summed E-state index contributed by atoms with van der Waals surface area (Å²) in [5.41, 5.74) is 1.25. The summed E-state index contributed by atoms with van der Waals surface area (Å²) < 4.78 is 1.11. The molecule has 0 aliphatic heterocycles. The van der Waals surface area contributed by atoms with Crippen molar-refractivity contribution in [3.8, 4) is 10.4 Å². The molecule has 6 nitrogen and oxygen atoms in total. The standard InChI is InChI=1S/C20H15ClN4O2S/c1-12(18(26)22-15-9-7-14(21)8-10-15)25-20(27)16-11-17(28-19(16)23-24-25)13-5-3-2-4-6-13/h2-12H,1H3,(H,22,26)/t12-/m0/s1. The SMILES string of the molecule is C[C@@H](C(=O)Nc1ccc(Cl)cc1)n1nnc2sc(-c3ccccc3)cc2c1=O. The lowest BCUT2D eigenvalue weighted by molar-refractivity contribution is -0.119. The summed E-state index contributed by atoms with van der Waals surface area (Å²) in [6.45, 7) is 1.61. The van der Waals surface area contributed by atoms with E-state index >= 15 is 0 Å². The molecule has 0 fully saturated rings. The number of hydrogen-bond acceptors (Lipinski definition) is 5. The summed E-state index contributed by atoms with van der Waals surface area (Å²) in [5.74, 6) is -0.364. The smallest absolute Gasteiger partial charge is 0.279 e. The van der Waals surface area contributed by atoms with Gasteiger partial charge in [-0.2, -0.15) is 4.68 Å². The molecule has 0 saturated carbocycles. The summed E-state index contributed by atoms with van der Waals surface area (Å²) in [6.07, 6.45) is 0. The van der Waals surface area contributed by atoms with Crippen LogP contribution in [-0.4, -0.2) is 20.9 Å². The van der Waals surface area contributed by atoms with Crippen LogP contribution in [0.2, 0.25) is 5.02 Å². The van der Waals surface area contributed by atoms with Crippen molar-refractivity contribution < 1.29 is 4.79 Å². The Morgan fingerprint density at radius 1 is 1.14 bits per heavy atom. The first-order valence-corrected chi connectivity index (χ1v) is 9.73. The molecule has 0 spiro atoms. The highest BCUT2D eigenvalue weighted by atomic mass is 35.5. The van der Waals surface area contributed by atoms with Crippen molar-refractivity contribution in [3.63, 3.8) is 0 Å². The van der Waals surface area contributed by atoms with Gasteiger partial charge in [-0.1, -0.05) is 47.1 Å². The molecule has 0 radical (unpaired) electrons. The minimum Gasteiger partial charge on any atom is -0.324 e. The Bertz CT molecular complexity index is 1200. The summed E-state index contributed by atoms with van der Waals surface area (Å²) in [5, 5.41) is 11.9. The van der Waals surface area contributed by atoms with Gasteiger partial charge in [-0.05, 0) is 42.8 Å². The predicted octanol–water partition coefficient (Wildman–Crippen LogP) is 4.37. The van der Waals surface area contributed by atoms with Crippen molar-refractivity contribution in [2.24, 2.45) is 0 Å². The van der Waals surface area contributed by atoms with E-state index in [0.29, 0.717) is 20.9 Å². The van der Waals surface area contributed by atoms with Crippen LogP contribution in [0.4, 0.5) is 5.69 Å². The van der Waals surface area contributed by atoms with Gasteiger partial charge in [0.1, 0.15) is 6.04 Å². The van der Waals surface area contributed by atoms with Crippen molar-refractivity contribution >= 4 is 44.7 Å². The molecule has 0 aliphatic rings. The number of nitrogens with zero attached hydrogens (tertiary/aromatic N) is 3. The molecule has 28 heavy (non-hydrogen) atoms. The van der Waals surface area contributed by atoms with E-state index in [0.717, 1.165) is 15.1 Å². The maximum Gasteiger partial charge on any atom is 0.279 e. The monoisotopic (exact) mass is 410 g/mol. The molecular formula is C20H15ClN4O2S. The predicted molar refractivity (Wildman–Crippen MR) is 112 cm³/mol. The summed E-state index contributed by atoms with van der Waals surface area (Å²) in [6, 6.07) is 17.5. The number of carbonyl (C=O) groups is 1. The topological polar surface area (TPSA) is 76.9 Å². The molecule has 4 aromatic rings. The third kappa shape index (κ3) is 3.54. The zero-order chi connectivity index (χ0) is 19.7. The Hall–Kier alpha value is -3.03. The minimum atomic E-state index is -0.819. The van der Waals surface area contributed by atoms with Crippen LogP contribution in [0, 0.1) is 0 Å². The van der Waals surface area contributed by atoms with E-state index in [2.05, 4.69) is 15.6 Å². The molecule has 4 rings (SSSR count). The molecule has 140 valence electrons. The average molecular weight is 411 g/mol. The van der Waals surface area contributed by atoms with Gasteiger partial charge in [0.2, 0.25) is 5.91 Å². The second-order valence-electron chi connectivity index (χ2n) is 6.21. The highest BCUT2D eigenvalue weighted by Gasteiger charge is 2.20. The quantitative estimate of drug-likeness (QED) is 0.541. The molecule has 8 heteroatoms. The Labute approximate surface area is 169 Å². The maximum absolute atomic E-state index is 12.9. The van der Waals surface area contributed by atoms with E-state index in [-0.39, 0.29) is 11.5 Å². The average Bonchev–Trinajstić information content (AvgIpc) is 3.15. The van der Waals surface area contributed by atoms with Gasteiger partial charge in [-0.3, -0.25) is 9.59 Å². The number of aromatic nitrogens is 3. The van der Waals surface area contributed by atoms with Crippen LogP contribution in [-0.2, 0) is 4.79 Å². The van der Waals surface area contributed by atoms with Gasteiger partial charge in [0.05, 0.1) is 5.39 Å². The Morgan fingerprint density at radius 3 is 2.57 bits per heavy atom. The lowest BCUT2D eigenvalue weighted by Gasteiger charge is -2.13. The van der Waals surface area contributed by atoms with Crippen molar-refractivity contribution in [3.05, 3.63) is 76.0 Å². The lowest BCUT2D eigenvalue weighted by Crippen LogP contribution is -2.33. The Morgan fingerprint density at radius 2 is 1.86 bits per heavy atom. The van der Waals surface area contributed by atoms with Crippen LogP contribution in [0.25, 0.3) is 20.7 Å². The molecule has 0 unspecified atom stereocenters. The lowest BCUT2D eigenvalue weighted by atomic mass is 10.2. The number of anilines is 1. The van der Waals surface area contributed by atoms with Gasteiger partial charge < -0.3 is 5.32 Å². The maximum atomic E-state index is 12.9. The minimum absolute atomic E-state index is 0.345. The number of amides is 1. The second-order valence-corrected chi connectivity index (χ2v) is 7.67. The summed E-state index contributed by atoms with van der Waals surface area (Å²) in [4.78, 5) is 26.9. The van der Waals surface area contributed by atoms with Gasteiger partial charge >= 0.3 is 0 Å². The first-order chi connectivity index (χ1) is 13.5. The third-order valence-electron chi connectivity index (χ3n) is 4.30. The fourth-order valence-corrected chi connectivity index (χ4v) is 3.85. The van der Waals surface area contributed by atoms with Crippen molar-refractivity contribution in [1.29, 1.82) is 0 Å². The first kappa shape index (κ1) is 18.3. The van der Waals surface area contributed by atoms with Crippen LogP contribution in [0.3, 0.4) is 0 Å². The first-order valence-electron chi connectivity index (χ1n) is 8.54. The number of benzene rings is 2. The van der Waals surface area contributed by atoms with Crippen molar-refractivity contribution in [2.75, 3.05) is 5.32 Å². The number of rotatable bonds is 4. The molecule has 1 atom stereocenters. The van der Waals surface area contributed by atoms with E-state index in [1.165, 1.54) is 11.3 Å². The normalized spacial score (nSPS) is 12.1. The van der Waals surface area contributed by atoms with Gasteiger partial charge in [0, 0.05) is 15.6 Å². The van der Waals surface area contributed by atoms with Gasteiger partial charge in [-0.15, -0.1) is 16.4 Å². The van der Waals surface area contributed by atoms with Gasteiger partial charge in [0.25, 0.3) is 5.56 Å². The molecular weight excluding hydrogens is 396 g/mol. The van der Waals surface area contributed by atoms with E-state index in [4.69, 9.17) is 11.6 Å². The number of nitrogens with one attached hydrogen (secondary N) is 1. The largest absolute Gasteiger partial charge is 0.324 e. The Balaban J connectivity index is 1.64. The number of fused-ring (bicyclic) bond motifs is 1. The van der Waals surface area contributed by atoms with Gasteiger partial charge in [0.15, 0.2) is 4.83 Å². The van der Waals surface area contributed by atoms with Crippen LogP contribution < -0.4 is 10.9 Å². The molecule has 2 heterocycles. The van der Waals surface area contributed by atoms with Crippen molar-refractivity contribution in [1.82, 2.24) is 15.0 Å². The fourth-order valence-electron chi connectivity index (χ4n) is 2.75. The number of thiophene rings is 1. The highest BCUT2D eigenvalue weighted by molar-refractivity contribution is 7.21. The number of carbonyl (C=O) groups excluding carboxylic acids is 1. The summed E-state index contributed by atoms with van der Waals surface area (Å²) >= 11 is 7.25. The number of hydrogen-bond donors (Lipinski definition) is 1. The van der Waals surface area contributed by atoms with Crippen molar-refractivity contribution in [2.45, 2.75) is 13.0 Å². The van der Waals surface area contributed by atoms with Gasteiger partial charge in [-0.25, -0.2) is 0 Å². The molecule has 1 N–H and O–H groups in total. The zero-order valence-corrected chi connectivity index (χ0v) is 16.4. The van der Waals surface area contributed by atoms with E-state index < -0.39 is 6.04 Å². The second kappa shape index (κ2) is 7.53. The van der Waals surface area contributed by atoms with E-state index in [9.17, 15) is 9.59 Å².